The summed E-state index contributed by atoms with van der Waals surface area (Å²) in [7, 11) is 0. The summed E-state index contributed by atoms with van der Waals surface area (Å²) in [5.41, 5.74) is 9.69. The molecule has 4 rings (SSSR count). The van der Waals surface area contributed by atoms with Crippen LogP contribution in [0.2, 0.25) is 0 Å². The van der Waals surface area contributed by atoms with Gasteiger partial charge in [-0.25, -0.2) is 4.79 Å². The van der Waals surface area contributed by atoms with Crippen LogP contribution in [0.4, 0.5) is 5.82 Å². The van der Waals surface area contributed by atoms with Crippen LogP contribution < -0.4 is 5.73 Å². The van der Waals surface area contributed by atoms with Crippen molar-refractivity contribution < 1.29 is 19.7 Å². The molecule has 0 radical (unpaired) electrons. The van der Waals surface area contributed by atoms with Crippen molar-refractivity contribution in [2.45, 2.75) is 83.3 Å². The van der Waals surface area contributed by atoms with Crippen LogP contribution in [0.15, 0.2) is 45.9 Å². The van der Waals surface area contributed by atoms with Gasteiger partial charge in [0.2, 0.25) is 0 Å². The molecule has 7 nitrogen and oxygen atoms in total. The number of nitrogens with two attached hydrogens (primary N) is 1. The number of hydrogen-bond donors (Lipinski definition) is 4. The number of hydrogen-bond acceptors (Lipinski definition) is 7. The first-order valence-corrected chi connectivity index (χ1v) is 13.5. The zero-order valence-corrected chi connectivity index (χ0v) is 23.3. The lowest BCUT2D eigenvalue weighted by Gasteiger charge is -2.40. The predicted molar refractivity (Wildman–Crippen MR) is 148 cm³/mol. The van der Waals surface area contributed by atoms with Gasteiger partial charge in [0.15, 0.2) is 5.82 Å². The number of H-pyrrole nitrogens is 1. The Morgan fingerprint density at radius 3 is 2.59 bits per heavy atom. The number of nitrogen functional groups attached to an aromatic ring is 1. The number of aromatic nitrogens is 2. The van der Waals surface area contributed by atoms with E-state index in [-0.39, 0.29) is 35.0 Å². The molecule has 8 heteroatoms. The Balaban J connectivity index is 1.61. The molecule has 3 aromatic rings. The number of aliphatic hydroxyl groups excluding tert-OH is 2. The van der Waals surface area contributed by atoms with Gasteiger partial charge in [-0.05, 0) is 71.6 Å². The summed E-state index contributed by atoms with van der Waals surface area (Å²) in [6, 6.07) is 9.95. The van der Waals surface area contributed by atoms with Crippen molar-refractivity contribution >= 4 is 34.5 Å². The third-order valence-electron chi connectivity index (χ3n) is 7.38. The van der Waals surface area contributed by atoms with Gasteiger partial charge in [0.25, 0.3) is 0 Å². The van der Waals surface area contributed by atoms with E-state index in [9.17, 15) is 15.0 Å². The smallest absolute Gasteiger partial charge is 0.349 e. The Kier molecular flexibility index (Phi) is 7.36. The standard InChI is InChI=1S/C29H37N3O4S/c1-16(2)29(10-9-18-7-8-22-20(12-18)26(30)32-31-22)14-23(34)25(27(35)36-29)37-24-11-17(3)19(15-33)13-21(24)28(4,5)6/h7-8,11-13,16,33-34H,9-10,14-15H2,1-6H3,(H3,30,31,32). The second kappa shape index (κ2) is 10.1. The van der Waals surface area contributed by atoms with Crippen LogP contribution in [0.5, 0.6) is 0 Å². The minimum atomic E-state index is -0.814. The lowest BCUT2D eigenvalue weighted by molar-refractivity contribution is -0.164. The number of thioether (sulfide) groups is 1. The predicted octanol–water partition coefficient (Wildman–Crippen LogP) is 6.08. The Bertz CT molecular complexity index is 1370. The molecule has 2 heterocycles. The summed E-state index contributed by atoms with van der Waals surface area (Å²) in [4.78, 5) is 14.5. The molecule has 0 saturated carbocycles. The van der Waals surface area contributed by atoms with E-state index in [1.54, 1.807) is 0 Å². The van der Waals surface area contributed by atoms with Crippen LogP contribution in [0.3, 0.4) is 0 Å². The van der Waals surface area contributed by atoms with Gasteiger partial charge in [-0.3, -0.25) is 5.10 Å². The summed E-state index contributed by atoms with van der Waals surface area (Å²) in [5, 5.41) is 28.8. The fraction of sp³-hybridized carbons (Fsp3) is 0.448. The van der Waals surface area contributed by atoms with Crippen molar-refractivity contribution in [3.8, 4) is 0 Å². The second-order valence-corrected chi connectivity index (χ2v) is 12.4. The average Bonchev–Trinajstić information content (AvgIpc) is 3.19. The maximum atomic E-state index is 13.4. The van der Waals surface area contributed by atoms with Crippen molar-refractivity contribution in [2.75, 3.05) is 5.73 Å². The van der Waals surface area contributed by atoms with Crippen LogP contribution in [0.25, 0.3) is 10.9 Å². The van der Waals surface area contributed by atoms with Crippen molar-refractivity contribution in [3.05, 3.63) is 63.2 Å². The summed E-state index contributed by atoms with van der Waals surface area (Å²) in [6.07, 6.45) is 1.49. The summed E-state index contributed by atoms with van der Waals surface area (Å²) >= 11 is 1.25. The SMILES string of the molecule is Cc1cc(SC2=C(O)CC(CCc3ccc4[nH]nc(N)c4c3)(C(C)C)OC2=O)c(C(C)(C)C)cc1CO. The molecule has 1 atom stereocenters. The van der Waals surface area contributed by atoms with Gasteiger partial charge in [-0.2, -0.15) is 5.10 Å². The molecule has 1 unspecified atom stereocenters. The number of esters is 1. The minimum absolute atomic E-state index is 0.00379. The van der Waals surface area contributed by atoms with Gasteiger partial charge in [-0.1, -0.05) is 58.5 Å². The van der Waals surface area contributed by atoms with Crippen molar-refractivity contribution in [1.29, 1.82) is 0 Å². The highest BCUT2D eigenvalue weighted by molar-refractivity contribution is 8.04. The van der Waals surface area contributed by atoms with Gasteiger partial charge in [-0.15, -0.1) is 0 Å². The number of carbonyl (C=O) groups is 1. The van der Waals surface area contributed by atoms with Crippen molar-refractivity contribution in [3.63, 3.8) is 0 Å². The maximum absolute atomic E-state index is 13.4. The number of benzene rings is 2. The summed E-state index contributed by atoms with van der Waals surface area (Å²) < 4.78 is 6.15. The zero-order valence-electron chi connectivity index (χ0n) is 22.4. The number of fused-ring (bicyclic) bond motifs is 1. The number of carbonyl (C=O) groups excluding carboxylic acids is 1. The van der Waals surface area contributed by atoms with E-state index in [2.05, 4.69) is 31.0 Å². The fourth-order valence-electron chi connectivity index (χ4n) is 4.87. The third-order valence-corrected chi connectivity index (χ3v) is 8.55. The highest BCUT2D eigenvalue weighted by Gasteiger charge is 2.44. The molecule has 37 heavy (non-hydrogen) atoms. The van der Waals surface area contributed by atoms with E-state index >= 15 is 0 Å². The van der Waals surface area contributed by atoms with E-state index < -0.39 is 11.6 Å². The molecule has 5 N–H and O–H groups in total. The van der Waals surface area contributed by atoms with Crippen LogP contribution in [0, 0.1) is 12.8 Å². The number of aliphatic hydroxyl groups is 2. The monoisotopic (exact) mass is 523 g/mol. The van der Waals surface area contributed by atoms with Gasteiger partial charge in [0.05, 0.1) is 12.1 Å². The molecule has 0 spiro atoms. The molecule has 0 fully saturated rings. The Morgan fingerprint density at radius 1 is 1.24 bits per heavy atom. The summed E-state index contributed by atoms with van der Waals surface area (Å²) in [6.45, 7) is 12.2. The van der Waals surface area contributed by atoms with E-state index in [1.165, 1.54) is 11.8 Å². The largest absolute Gasteiger partial charge is 0.511 e. The van der Waals surface area contributed by atoms with E-state index in [1.807, 2.05) is 51.1 Å². The van der Waals surface area contributed by atoms with Crippen molar-refractivity contribution in [2.24, 2.45) is 5.92 Å². The molecule has 2 aromatic carbocycles. The number of nitrogens with zero attached hydrogens (tertiary/aromatic N) is 1. The quantitative estimate of drug-likeness (QED) is 0.277. The number of rotatable bonds is 7. The van der Waals surface area contributed by atoms with Crippen LogP contribution in [-0.2, 0) is 28.0 Å². The summed E-state index contributed by atoms with van der Waals surface area (Å²) in [5.74, 6) is 0.0247. The van der Waals surface area contributed by atoms with E-state index in [0.29, 0.717) is 18.7 Å². The van der Waals surface area contributed by atoms with Gasteiger partial charge < -0.3 is 20.7 Å². The first kappa shape index (κ1) is 27.1. The highest BCUT2D eigenvalue weighted by atomic mass is 32.2. The molecule has 1 aromatic heterocycles. The fourth-order valence-corrected chi connectivity index (χ4v) is 6.11. The normalized spacial score (nSPS) is 18.6. The molecule has 0 amide bonds. The first-order valence-electron chi connectivity index (χ1n) is 12.7. The molecule has 0 aliphatic carbocycles. The van der Waals surface area contributed by atoms with Crippen LogP contribution in [-0.4, -0.2) is 32.0 Å². The average molecular weight is 524 g/mol. The molecular formula is C29H37N3O4S. The number of cyclic esters (lactones) is 1. The Labute approximate surface area is 222 Å². The number of nitrogens with one attached hydrogen (secondary N) is 1. The van der Waals surface area contributed by atoms with Crippen LogP contribution >= 0.6 is 11.8 Å². The number of ether oxygens (including phenoxy) is 1. The zero-order chi connectivity index (χ0) is 27.1. The number of anilines is 1. The maximum Gasteiger partial charge on any atom is 0.349 e. The van der Waals surface area contributed by atoms with E-state index in [0.717, 1.165) is 38.1 Å². The number of aromatic amines is 1. The lowest BCUT2D eigenvalue weighted by atomic mass is 9.80. The van der Waals surface area contributed by atoms with E-state index in [4.69, 9.17) is 10.5 Å². The molecule has 1 aliphatic rings. The Hall–Kier alpha value is -2.97. The molecule has 0 bridgehead atoms. The minimum Gasteiger partial charge on any atom is -0.511 e. The Morgan fingerprint density at radius 2 is 1.97 bits per heavy atom. The van der Waals surface area contributed by atoms with Gasteiger partial charge >= 0.3 is 5.97 Å². The highest BCUT2D eigenvalue weighted by Crippen LogP contribution is 2.45. The first-order chi connectivity index (χ1) is 17.3. The molecule has 0 saturated heterocycles. The molecule has 198 valence electrons. The topological polar surface area (TPSA) is 121 Å². The third kappa shape index (κ3) is 5.36. The van der Waals surface area contributed by atoms with Gasteiger partial charge in [0, 0.05) is 16.7 Å². The van der Waals surface area contributed by atoms with Crippen LogP contribution in [0.1, 0.15) is 69.7 Å². The lowest BCUT2D eigenvalue weighted by Crippen LogP contribution is -2.44. The molecular weight excluding hydrogens is 486 g/mol. The van der Waals surface area contributed by atoms with Gasteiger partial charge in [0.1, 0.15) is 16.3 Å². The number of aryl methyl sites for hydroxylation is 2. The van der Waals surface area contributed by atoms with Crippen molar-refractivity contribution in [1.82, 2.24) is 10.2 Å². The second-order valence-electron chi connectivity index (χ2n) is 11.3. The molecule has 1 aliphatic heterocycles.